The van der Waals surface area contributed by atoms with Gasteiger partial charge < -0.3 is 20.5 Å². The Morgan fingerprint density at radius 1 is 1.50 bits per heavy atom. The summed E-state index contributed by atoms with van der Waals surface area (Å²) in [6.45, 7) is -2.92. The van der Waals surface area contributed by atoms with Gasteiger partial charge in [-0.3, -0.25) is 0 Å². The average molecular weight is 248 g/mol. The number of benzene rings is 1. The van der Waals surface area contributed by atoms with Gasteiger partial charge in [0.2, 0.25) is 0 Å². The minimum atomic E-state index is -2.92. The van der Waals surface area contributed by atoms with E-state index in [1.165, 1.54) is 25.3 Å². The molecule has 88 valence electrons. The highest BCUT2D eigenvalue weighted by Gasteiger charge is 2.11. The molecule has 0 unspecified atom stereocenters. The van der Waals surface area contributed by atoms with Gasteiger partial charge in [-0.2, -0.15) is 8.78 Å². The number of nitrogens with one attached hydrogen (secondary N) is 1. The predicted molar refractivity (Wildman–Crippen MR) is 60.0 cm³/mol. The van der Waals surface area contributed by atoms with Gasteiger partial charge in [-0.15, -0.1) is 0 Å². The number of hydrogen-bond donors (Lipinski definition) is 2. The van der Waals surface area contributed by atoms with Crippen LogP contribution >= 0.6 is 12.2 Å². The van der Waals surface area contributed by atoms with Crippen LogP contribution in [-0.4, -0.2) is 18.8 Å². The van der Waals surface area contributed by atoms with E-state index in [0.717, 1.165) is 0 Å². The van der Waals surface area contributed by atoms with Gasteiger partial charge in [0.05, 0.1) is 12.8 Å². The van der Waals surface area contributed by atoms with Crippen molar-refractivity contribution < 1.29 is 18.3 Å². The Morgan fingerprint density at radius 2 is 2.19 bits per heavy atom. The molecule has 16 heavy (non-hydrogen) atoms. The van der Waals surface area contributed by atoms with Gasteiger partial charge in [-0.05, 0) is 24.4 Å². The number of halogens is 2. The SMILES string of the molecule is COc1ccc(OC(F)F)c(NC(N)=S)c1. The van der Waals surface area contributed by atoms with E-state index >= 15 is 0 Å². The van der Waals surface area contributed by atoms with Gasteiger partial charge in [0.25, 0.3) is 0 Å². The zero-order valence-corrected chi connectivity index (χ0v) is 9.18. The first-order valence-electron chi connectivity index (χ1n) is 4.22. The van der Waals surface area contributed by atoms with Gasteiger partial charge in [-0.25, -0.2) is 0 Å². The second kappa shape index (κ2) is 5.45. The van der Waals surface area contributed by atoms with Gasteiger partial charge in [0.1, 0.15) is 11.5 Å². The van der Waals surface area contributed by atoms with Crippen LogP contribution in [0.2, 0.25) is 0 Å². The van der Waals surface area contributed by atoms with Crippen LogP contribution in [0.15, 0.2) is 18.2 Å². The van der Waals surface area contributed by atoms with E-state index in [2.05, 4.69) is 22.3 Å². The van der Waals surface area contributed by atoms with Crippen molar-refractivity contribution in [1.29, 1.82) is 0 Å². The topological polar surface area (TPSA) is 56.5 Å². The molecule has 0 radical (unpaired) electrons. The molecule has 0 fully saturated rings. The molecule has 0 saturated carbocycles. The number of thiocarbonyl (C=S) groups is 1. The molecule has 0 spiro atoms. The summed E-state index contributed by atoms with van der Waals surface area (Å²) >= 11 is 4.61. The molecule has 0 aliphatic rings. The van der Waals surface area contributed by atoms with E-state index in [-0.39, 0.29) is 16.5 Å². The van der Waals surface area contributed by atoms with E-state index in [4.69, 9.17) is 10.5 Å². The van der Waals surface area contributed by atoms with Gasteiger partial charge in [0, 0.05) is 6.07 Å². The van der Waals surface area contributed by atoms with Gasteiger partial charge in [-0.1, -0.05) is 0 Å². The molecule has 0 atom stereocenters. The van der Waals surface area contributed by atoms with Gasteiger partial charge >= 0.3 is 6.61 Å². The summed E-state index contributed by atoms with van der Waals surface area (Å²) in [5.74, 6) is 0.420. The third kappa shape index (κ3) is 3.50. The van der Waals surface area contributed by atoms with Crippen molar-refractivity contribution in [2.45, 2.75) is 6.61 Å². The molecule has 4 nitrogen and oxygen atoms in total. The van der Waals surface area contributed by atoms with Gasteiger partial charge in [0.15, 0.2) is 5.11 Å². The molecule has 1 aromatic rings. The van der Waals surface area contributed by atoms with E-state index in [1.807, 2.05) is 0 Å². The summed E-state index contributed by atoms with van der Waals surface area (Å²) in [5, 5.41) is 2.48. The smallest absolute Gasteiger partial charge is 0.387 e. The molecular weight excluding hydrogens is 238 g/mol. The number of alkyl halides is 2. The van der Waals surface area contributed by atoms with Crippen LogP contribution in [0.25, 0.3) is 0 Å². The summed E-state index contributed by atoms with van der Waals surface area (Å²) < 4.78 is 33.4. The molecule has 7 heteroatoms. The zero-order chi connectivity index (χ0) is 12.1. The number of ether oxygens (including phenoxy) is 2. The quantitative estimate of drug-likeness (QED) is 0.798. The molecule has 0 saturated heterocycles. The van der Waals surface area contributed by atoms with Crippen molar-refractivity contribution in [3.63, 3.8) is 0 Å². The standard InChI is InChI=1S/C9H10F2N2O2S/c1-14-5-2-3-7(15-8(10)11)6(4-5)13-9(12)16/h2-4,8H,1H3,(H3,12,13,16). The fraction of sp³-hybridized carbons (Fsp3) is 0.222. The molecule has 0 aliphatic carbocycles. The highest BCUT2D eigenvalue weighted by atomic mass is 32.1. The van der Waals surface area contributed by atoms with Crippen molar-refractivity contribution in [3.05, 3.63) is 18.2 Å². The molecule has 0 aliphatic heterocycles. The normalized spacial score (nSPS) is 10.0. The lowest BCUT2D eigenvalue weighted by molar-refractivity contribution is -0.0493. The monoisotopic (exact) mass is 248 g/mol. The van der Waals surface area contributed by atoms with E-state index < -0.39 is 6.61 Å². The first-order chi connectivity index (χ1) is 7.52. The van der Waals surface area contributed by atoms with Crippen LogP contribution in [0.3, 0.4) is 0 Å². The van der Waals surface area contributed by atoms with Crippen molar-refractivity contribution in [2.24, 2.45) is 5.73 Å². The summed E-state index contributed by atoms with van der Waals surface area (Å²) in [6.07, 6.45) is 0. The van der Waals surface area contributed by atoms with E-state index in [9.17, 15) is 8.78 Å². The summed E-state index contributed by atoms with van der Waals surface area (Å²) in [7, 11) is 1.45. The Bertz CT molecular complexity index is 388. The Kier molecular flexibility index (Phi) is 4.24. The van der Waals surface area contributed by atoms with Crippen molar-refractivity contribution in [2.75, 3.05) is 12.4 Å². The van der Waals surface area contributed by atoms with Crippen molar-refractivity contribution in [1.82, 2.24) is 0 Å². The number of hydrogen-bond acceptors (Lipinski definition) is 3. The Balaban J connectivity index is 3.00. The third-order valence-corrected chi connectivity index (χ3v) is 1.76. The fourth-order valence-corrected chi connectivity index (χ4v) is 1.18. The van der Waals surface area contributed by atoms with E-state index in [1.54, 1.807) is 0 Å². The number of rotatable bonds is 4. The first kappa shape index (κ1) is 12.4. The second-order valence-electron chi connectivity index (χ2n) is 2.73. The lowest BCUT2D eigenvalue weighted by atomic mass is 10.2. The highest BCUT2D eigenvalue weighted by Crippen LogP contribution is 2.30. The highest BCUT2D eigenvalue weighted by molar-refractivity contribution is 7.80. The number of anilines is 1. The van der Waals surface area contributed by atoms with Crippen LogP contribution in [0, 0.1) is 0 Å². The minimum absolute atomic E-state index is 0.0487. The molecule has 0 heterocycles. The second-order valence-corrected chi connectivity index (χ2v) is 3.17. The molecule has 0 amide bonds. The Morgan fingerprint density at radius 3 is 2.69 bits per heavy atom. The van der Waals surface area contributed by atoms with Crippen LogP contribution in [-0.2, 0) is 0 Å². The maximum Gasteiger partial charge on any atom is 0.387 e. The summed E-state index contributed by atoms with van der Waals surface area (Å²) in [4.78, 5) is 0. The zero-order valence-electron chi connectivity index (χ0n) is 8.37. The Labute approximate surface area is 96.3 Å². The summed E-state index contributed by atoms with van der Waals surface area (Å²) in [5.41, 5.74) is 5.48. The number of methoxy groups -OCH3 is 1. The van der Waals surface area contributed by atoms with Crippen molar-refractivity contribution in [3.8, 4) is 11.5 Å². The van der Waals surface area contributed by atoms with Crippen molar-refractivity contribution >= 4 is 23.0 Å². The summed E-state index contributed by atoms with van der Waals surface area (Å²) in [6, 6.07) is 4.28. The maximum absolute atomic E-state index is 12.1. The van der Waals surface area contributed by atoms with Crippen LogP contribution in [0.4, 0.5) is 14.5 Å². The molecule has 1 aromatic carbocycles. The minimum Gasteiger partial charge on any atom is -0.497 e. The average Bonchev–Trinajstić information content (AvgIpc) is 2.19. The van der Waals surface area contributed by atoms with Crippen LogP contribution < -0.4 is 20.5 Å². The van der Waals surface area contributed by atoms with Crippen LogP contribution in [0.1, 0.15) is 0 Å². The number of nitrogens with two attached hydrogens (primary N) is 1. The lowest BCUT2D eigenvalue weighted by Crippen LogP contribution is -2.19. The van der Waals surface area contributed by atoms with E-state index in [0.29, 0.717) is 5.75 Å². The fourth-order valence-electron chi connectivity index (χ4n) is 1.07. The molecular formula is C9H10F2N2O2S. The largest absolute Gasteiger partial charge is 0.497 e. The molecule has 0 aromatic heterocycles. The molecule has 3 N–H and O–H groups in total. The maximum atomic E-state index is 12.1. The third-order valence-electron chi connectivity index (χ3n) is 1.66. The molecule has 0 bridgehead atoms. The Hall–Kier alpha value is -1.63. The van der Waals surface area contributed by atoms with Crippen LogP contribution in [0.5, 0.6) is 11.5 Å². The first-order valence-corrected chi connectivity index (χ1v) is 4.63. The molecule has 1 rings (SSSR count). The lowest BCUT2D eigenvalue weighted by Gasteiger charge is -2.12. The predicted octanol–water partition coefficient (Wildman–Crippen LogP) is 1.95.